The van der Waals surface area contributed by atoms with Crippen molar-refractivity contribution < 1.29 is 4.74 Å². The van der Waals surface area contributed by atoms with Gasteiger partial charge in [0, 0.05) is 6.04 Å². The number of para-hydroxylation sites is 1. The predicted molar refractivity (Wildman–Crippen MR) is 76.1 cm³/mol. The van der Waals surface area contributed by atoms with Gasteiger partial charge in [-0.15, -0.1) is 0 Å². The van der Waals surface area contributed by atoms with Crippen LogP contribution in [0.25, 0.3) is 0 Å². The molecule has 1 aliphatic rings. The second kappa shape index (κ2) is 6.79. The molecule has 2 nitrogen and oxygen atoms in total. The summed E-state index contributed by atoms with van der Waals surface area (Å²) in [6.45, 7) is 3.37. The molecular weight excluding hydrogens is 222 g/mol. The lowest BCUT2D eigenvalue weighted by Crippen LogP contribution is -2.33. The Labute approximate surface area is 111 Å². The second-order valence-corrected chi connectivity index (χ2v) is 5.22. The molecule has 0 radical (unpaired) electrons. The van der Waals surface area contributed by atoms with Crippen LogP contribution in [-0.2, 0) is 6.42 Å². The third-order valence-electron chi connectivity index (χ3n) is 4.18. The highest BCUT2D eigenvalue weighted by Crippen LogP contribution is 2.28. The van der Waals surface area contributed by atoms with Crippen molar-refractivity contribution in [3.05, 3.63) is 29.8 Å². The van der Waals surface area contributed by atoms with E-state index in [9.17, 15) is 0 Å². The number of rotatable bonds is 6. The minimum Gasteiger partial charge on any atom is -0.496 e. The van der Waals surface area contributed by atoms with Crippen LogP contribution in [0.5, 0.6) is 5.75 Å². The molecule has 0 amide bonds. The molecule has 1 aromatic carbocycles. The number of methoxy groups -OCH3 is 1. The Kier molecular flexibility index (Phi) is 5.06. The lowest BCUT2D eigenvalue weighted by atomic mass is 10.0. The summed E-state index contributed by atoms with van der Waals surface area (Å²) in [5, 5.41) is 3.73. The maximum Gasteiger partial charge on any atom is 0.122 e. The third kappa shape index (κ3) is 3.26. The van der Waals surface area contributed by atoms with E-state index in [1.54, 1.807) is 7.11 Å². The first-order valence-corrected chi connectivity index (χ1v) is 7.20. The van der Waals surface area contributed by atoms with Gasteiger partial charge in [0.15, 0.2) is 0 Å². The monoisotopic (exact) mass is 247 g/mol. The van der Waals surface area contributed by atoms with E-state index < -0.39 is 0 Å². The Hall–Kier alpha value is -1.02. The molecule has 2 rings (SSSR count). The molecule has 2 heteroatoms. The van der Waals surface area contributed by atoms with Crippen LogP contribution in [-0.4, -0.2) is 19.7 Å². The van der Waals surface area contributed by atoms with Crippen molar-refractivity contribution in [2.45, 2.75) is 45.1 Å². The fraction of sp³-hybridized carbons (Fsp3) is 0.625. The summed E-state index contributed by atoms with van der Waals surface area (Å²) >= 11 is 0. The van der Waals surface area contributed by atoms with E-state index in [1.807, 2.05) is 12.1 Å². The second-order valence-electron chi connectivity index (χ2n) is 5.22. The number of nitrogens with one attached hydrogen (secondary N) is 1. The summed E-state index contributed by atoms with van der Waals surface area (Å²) in [6.07, 6.45) is 6.52. The molecule has 1 aliphatic carbocycles. The smallest absolute Gasteiger partial charge is 0.122 e. The molecule has 1 aromatic rings. The van der Waals surface area contributed by atoms with Gasteiger partial charge >= 0.3 is 0 Å². The van der Waals surface area contributed by atoms with Crippen LogP contribution < -0.4 is 10.1 Å². The van der Waals surface area contributed by atoms with Crippen LogP contribution >= 0.6 is 0 Å². The van der Waals surface area contributed by atoms with E-state index in [4.69, 9.17) is 4.74 Å². The summed E-state index contributed by atoms with van der Waals surface area (Å²) in [7, 11) is 1.75. The van der Waals surface area contributed by atoms with Crippen molar-refractivity contribution in [1.82, 2.24) is 5.32 Å². The molecule has 1 fully saturated rings. The van der Waals surface area contributed by atoms with Gasteiger partial charge in [0.25, 0.3) is 0 Å². The van der Waals surface area contributed by atoms with Crippen molar-refractivity contribution in [2.75, 3.05) is 13.7 Å². The first kappa shape index (κ1) is 13.4. The van der Waals surface area contributed by atoms with Crippen molar-refractivity contribution in [3.63, 3.8) is 0 Å². The highest BCUT2D eigenvalue weighted by Gasteiger charge is 2.24. The molecule has 0 aromatic heterocycles. The van der Waals surface area contributed by atoms with Gasteiger partial charge in [0.1, 0.15) is 5.75 Å². The summed E-state index contributed by atoms with van der Waals surface area (Å²) < 4.78 is 5.38. The van der Waals surface area contributed by atoms with E-state index in [2.05, 4.69) is 24.4 Å². The molecule has 100 valence electrons. The van der Waals surface area contributed by atoms with Crippen LogP contribution in [0.2, 0.25) is 0 Å². The van der Waals surface area contributed by atoms with Crippen LogP contribution in [0.3, 0.4) is 0 Å². The largest absolute Gasteiger partial charge is 0.496 e. The van der Waals surface area contributed by atoms with E-state index in [0.29, 0.717) is 0 Å². The minimum atomic E-state index is 0.740. The zero-order chi connectivity index (χ0) is 12.8. The standard InChI is InChI=1S/C16H25NO/c1-3-13-8-6-9-15(13)17-12-11-14-7-4-5-10-16(14)18-2/h4-5,7,10,13,15,17H,3,6,8-9,11-12H2,1-2H3. The Bertz CT molecular complexity index is 364. The Balaban J connectivity index is 1.81. The van der Waals surface area contributed by atoms with E-state index in [1.165, 1.54) is 31.2 Å². The summed E-state index contributed by atoms with van der Waals surface area (Å²) in [5.74, 6) is 1.90. The van der Waals surface area contributed by atoms with Gasteiger partial charge in [-0.1, -0.05) is 38.0 Å². The first-order valence-electron chi connectivity index (χ1n) is 7.20. The molecule has 0 aliphatic heterocycles. The summed E-state index contributed by atoms with van der Waals surface area (Å²) in [5.41, 5.74) is 1.30. The van der Waals surface area contributed by atoms with Gasteiger partial charge in [-0.2, -0.15) is 0 Å². The average molecular weight is 247 g/mol. The number of ether oxygens (including phenoxy) is 1. The molecule has 1 N–H and O–H groups in total. The van der Waals surface area contributed by atoms with Crippen molar-refractivity contribution in [3.8, 4) is 5.75 Å². The third-order valence-corrected chi connectivity index (χ3v) is 4.18. The number of hydrogen-bond acceptors (Lipinski definition) is 2. The van der Waals surface area contributed by atoms with Crippen LogP contribution in [0, 0.1) is 5.92 Å². The zero-order valence-corrected chi connectivity index (χ0v) is 11.6. The SMILES string of the molecule is CCC1CCCC1NCCc1ccccc1OC. The van der Waals surface area contributed by atoms with Crippen LogP contribution in [0.4, 0.5) is 0 Å². The highest BCUT2D eigenvalue weighted by molar-refractivity contribution is 5.33. The van der Waals surface area contributed by atoms with Crippen molar-refractivity contribution in [1.29, 1.82) is 0 Å². The van der Waals surface area contributed by atoms with E-state index >= 15 is 0 Å². The topological polar surface area (TPSA) is 21.3 Å². The first-order chi connectivity index (χ1) is 8.85. The van der Waals surface area contributed by atoms with Crippen molar-refractivity contribution in [2.24, 2.45) is 5.92 Å². The molecule has 1 saturated carbocycles. The van der Waals surface area contributed by atoms with Gasteiger partial charge in [-0.05, 0) is 43.4 Å². The lowest BCUT2D eigenvalue weighted by molar-refractivity contribution is 0.388. The number of hydrogen-bond donors (Lipinski definition) is 1. The Morgan fingerprint density at radius 1 is 1.28 bits per heavy atom. The lowest BCUT2D eigenvalue weighted by Gasteiger charge is -2.19. The summed E-state index contributed by atoms with van der Waals surface area (Å²) in [4.78, 5) is 0. The van der Waals surface area contributed by atoms with Crippen molar-refractivity contribution >= 4 is 0 Å². The normalized spacial score (nSPS) is 23.2. The fourth-order valence-corrected chi connectivity index (χ4v) is 3.10. The van der Waals surface area contributed by atoms with Gasteiger partial charge in [0.2, 0.25) is 0 Å². The molecule has 18 heavy (non-hydrogen) atoms. The molecule has 2 atom stereocenters. The minimum absolute atomic E-state index is 0.740. The maximum atomic E-state index is 5.38. The number of benzene rings is 1. The Morgan fingerprint density at radius 3 is 2.89 bits per heavy atom. The predicted octanol–water partition coefficient (Wildman–Crippen LogP) is 3.41. The maximum absolute atomic E-state index is 5.38. The van der Waals surface area contributed by atoms with Gasteiger partial charge in [0.05, 0.1) is 7.11 Å². The van der Waals surface area contributed by atoms with E-state index in [0.717, 1.165) is 30.7 Å². The van der Waals surface area contributed by atoms with Crippen LogP contribution in [0.1, 0.15) is 38.2 Å². The Morgan fingerprint density at radius 2 is 2.11 bits per heavy atom. The molecule has 0 saturated heterocycles. The molecular formula is C16H25NO. The van der Waals surface area contributed by atoms with Gasteiger partial charge < -0.3 is 10.1 Å². The fourth-order valence-electron chi connectivity index (χ4n) is 3.10. The van der Waals surface area contributed by atoms with Crippen LogP contribution in [0.15, 0.2) is 24.3 Å². The molecule has 0 heterocycles. The molecule has 0 spiro atoms. The quantitative estimate of drug-likeness (QED) is 0.832. The molecule has 2 unspecified atom stereocenters. The highest BCUT2D eigenvalue weighted by atomic mass is 16.5. The summed E-state index contributed by atoms with van der Waals surface area (Å²) in [6, 6.07) is 9.05. The van der Waals surface area contributed by atoms with Gasteiger partial charge in [-0.3, -0.25) is 0 Å². The zero-order valence-electron chi connectivity index (χ0n) is 11.6. The average Bonchev–Trinajstić information content (AvgIpc) is 2.87. The van der Waals surface area contributed by atoms with E-state index in [-0.39, 0.29) is 0 Å². The molecule has 0 bridgehead atoms. The van der Waals surface area contributed by atoms with Gasteiger partial charge in [-0.25, -0.2) is 0 Å².